The maximum absolute atomic E-state index is 7.11. The van der Waals surface area contributed by atoms with Crippen molar-refractivity contribution in [2.24, 2.45) is 0 Å². The molecule has 4 nitrogen and oxygen atoms in total. The molecule has 1 aliphatic rings. The van der Waals surface area contributed by atoms with Gasteiger partial charge in [0.1, 0.15) is 5.82 Å². The summed E-state index contributed by atoms with van der Waals surface area (Å²) in [6.07, 6.45) is 1.63. The summed E-state index contributed by atoms with van der Waals surface area (Å²) >= 11 is 18.7. The molecule has 0 bridgehead atoms. The molecule has 0 spiro atoms. The van der Waals surface area contributed by atoms with Crippen molar-refractivity contribution >= 4 is 46.3 Å². The van der Waals surface area contributed by atoms with E-state index in [1.54, 1.807) is 12.3 Å². The highest BCUT2D eigenvalue weighted by molar-refractivity contribution is 6.36. The van der Waals surface area contributed by atoms with E-state index in [9.17, 15) is 0 Å². The van der Waals surface area contributed by atoms with E-state index >= 15 is 0 Å². The fraction of sp³-hybridized carbons (Fsp3) is 0.217. The van der Waals surface area contributed by atoms with Gasteiger partial charge in [0, 0.05) is 37.4 Å². The first-order valence-corrected chi connectivity index (χ1v) is 10.7. The van der Waals surface area contributed by atoms with E-state index < -0.39 is 0 Å². The molecule has 0 radical (unpaired) electrons. The van der Waals surface area contributed by atoms with Crippen molar-refractivity contribution in [2.45, 2.75) is 12.6 Å². The zero-order chi connectivity index (χ0) is 21.1. The molecule has 0 aliphatic carbocycles. The maximum Gasteiger partial charge on any atom is 0.187 e. The first-order valence-electron chi connectivity index (χ1n) is 9.55. The minimum Gasteiger partial charge on any atom is -0.346 e. The van der Waals surface area contributed by atoms with Crippen LogP contribution >= 0.6 is 34.8 Å². The van der Waals surface area contributed by atoms with E-state index in [4.69, 9.17) is 41.4 Å². The van der Waals surface area contributed by atoms with Crippen LogP contribution in [0.1, 0.15) is 17.2 Å². The second-order valence-corrected chi connectivity index (χ2v) is 8.51. The van der Waals surface area contributed by atoms with E-state index in [1.807, 2.05) is 36.4 Å². The Morgan fingerprint density at radius 2 is 1.70 bits per heavy atom. The predicted octanol–water partition coefficient (Wildman–Crippen LogP) is 6.66. The average molecular weight is 458 g/mol. The summed E-state index contributed by atoms with van der Waals surface area (Å²) < 4.78 is 0. The SMILES string of the molecule is [C-]#[N+]c1ccc(CN2CCN(c3ncc(Cl)cc3Cl)C(c3ccc(Cl)cc3)C2)cc1. The lowest BCUT2D eigenvalue weighted by Gasteiger charge is -2.42. The third-order valence-electron chi connectivity index (χ3n) is 5.25. The Balaban J connectivity index is 1.60. The Bertz CT molecular complexity index is 1060. The molecule has 4 rings (SSSR count). The largest absolute Gasteiger partial charge is 0.346 e. The van der Waals surface area contributed by atoms with Crippen LogP contribution in [-0.4, -0.2) is 29.5 Å². The Labute approximate surface area is 191 Å². The van der Waals surface area contributed by atoms with E-state index in [0.29, 0.717) is 20.8 Å². The fourth-order valence-electron chi connectivity index (χ4n) is 3.76. The van der Waals surface area contributed by atoms with Crippen LogP contribution < -0.4 is 4.90 Å². The summed E-state index contributed by atoms with van der Waals surface area (Å²) in [4.78, 5) is 12.6. The van der Waals surface area contributed by atoms with Crippen LogP contribution in [0.15, 0.2) is 60.8 Å². The second-order valence-electron chi connectivity index (χ2n) is 7.23. The van der Waals surface area contributed by atoms with Crippen molar-refractivity contribution in [1.29, 1.82) is 0 Å². The maximum atomic E-state index is 7.11. The minimum atomic E-state index is 0.0738. The molecule has 2 heterocycles. The fourth-order valence-corrected chi connectivity index (χ4v) is 4.37. The molecule has 152 valence electrons. The van der Waals surface area contributed by atoms with Gasteiger partial charge in [-0.15, -0.1) is 0 Å². The molecular formula is C23H19Cl3N4. The van der Waals surface area contributed by atoms with Crippen molar-refractivity contribution in [3.63, 3.8) is 0 Å². The van der Waals surface area contributed by atoms with Gasteiger partial charge in [-0.3, -0.25) is 4.90 Å². The normalized spacial score (nSPS) is 17.0. The molecule has 0 saturated carbocycles. The summed E-state index contributed by atoms with van der Waals surface area (Å²) in [5.41, 5.74) is 3.00. The van der Waals surface area contributed by atoms with Crippen LogP contribution in [0.4, 0.5) is 11.5 Å². The van der Waals surface area contributed by atoms with Crippen LogP contribution in [0, 0.1) is 6.57 Å². The molecular weight excluding hydrogens is 439 g/mol. The predicted molar refractivity (Wildman–Crippen MR) is 124 cm³/mol. The molecule has 1 aliphatic heterocycles. The number of benzene rings is 2. The van der Waals surface area contributed by atoms with Crippen molar-refractivity contribution < 1.29 is 0 Å². The molecule has 1 saturated heterocycles. The molecule has 3 aromatic rings. The smallest absolute Gasteiger partial charge is 0.187 e. The van der Waals surface area contributed by atoms with Gasteiger partial charge in [0.05, 0.1) is 22.7 Å². The van der Waals surface area contributed by atoms with Gasteiger partial charge >= 0.3 is 0 Å². The monoisotopic (exact) mass is 456 g/mol. The summed E-state index contributed by atoms with van der Waals surface area (Å²) in [7, 11) is 0. The quantitative estimate of drug-likeness (QED) is 0.409. The molecule has 1 aromatic heterocycles. The highest BCUT2D eigenvalue weighted by Crippen LogP contribution is 2.35. The third kappa shape index (κ3) is 4.71. The van der Waals surface area contributed by atoms with Crippen LogP contribution in [0.25, 0.3) is 4.85 Å². The number of piperazine rings is 1. The third-order valence-corrected chi connectivity index (χ3v) is 5.99. The van der Waals surface area contributed by atoms with Crippen molar-refractivity contribution in [1.82, 2.24) is 9.88 Å². The standard InChI is InChI=1S/C23H19Cl3N4/c1-27-20-8-2-16(3-9-20)14-29-10-11-30(23-21(26)12-19(25)13-28-23)22(15-29)17-4-6-18(24)7-5-17/h2-9,12-13,22H,10-11,14-15H2. The molecule has 2 aromatic carbocycles. The highest BCUT2D eigenvalue weighted by atomic mass is 35.5. The van der Waals surface area contributed by atoms with Gasteiger partial charge in [-0.05, 0) is 29.3 Å². The lowest BCUT2D eigenvalue weighted by atomic mass is 10.0. The zero-order valence-corrected chi connectivity index (χ0v) is 18.4. The van der Waals surface area contributed by atoms with Crippen LogP contribution in [0.3, 0.4) is 0 Å². The van der Waals surface area contributed by atoms with E-state index in [-0.39, 0.29) is 6.04 Å². The number of aromatic nitrogens is 1. The molecule has 1 unspecified atom stereocenters. The van der Waals surface area contributed by atoms with Gasteiger partial charge in [0.2, 0.25) is 0 Å². The van der Waals surface area contributed by atoms with Gasteiger partial charge in [-0.2, -0.15) is 0 Å². The van der Waals surface area contributed by atoms with Gasteiger partial charge in [-0.25, -0.2) is 9.83 Å². The highest BCUT2D eigenvalue weighted by Gasteiger charge is 2.30. The lowest BCUT2D eigenvalue weighted by molar-refractivity contribution is 0.215. The van der Waals surface area contributed by atoms with Gasteiger partial charge in [-0.1, -0.05) is 71.2 Å². The summed E-state index contributed by atoms with van der Waals surface area (Å²) in [6.45, 7) is 10.4. The Hall–Kier alpha value is -2.29. The van der Waals surface area contributed by atoms with E-state index in [0.717, 1.165) is 37.6 Å². The van der Waals surface area contributed by atoms with E-state index in [1.165, 1.54) is 5.56 Å². The van der Waals surface area contributed by atoms with Crippen LogP contribution in [-0.2, 0) is 6.54 Å². The van der Waals surface area contributed by atoms with Gasteiger partial charge < -0.3 is 4.90 Å². The number of anilines is 1. The van der Waals surface area contributed by atoms with Crippen LogP contribution in [0.5, 0.6) is 0 Å². The minimum absolute atomic E-state index is 0.0738. The number of nitrogens with zero attached hydrogens (tertiary/aromatic N) is 4. The number of hydrogen-bond donors (Lipinski definition) is 0. The first-order chi connectivity index (χ1) is 14.5. The molecule has 1 fully saturated rings. The topological polar surface area (TPSA) is 23.7 Å². The Morgan fingerprint density at radius 1 is 0.967 bits per heavy atom. The number of hydrogen-bond acceptors (Lipinski definition) is 3. The van der Waals surface area contributed by atoms with Crippen molar-refractivity contribution in [3.8, 4) is 0 Å². The van der Waals surface area contributed by atoms with Crippen molar-refractivity contribution in [2.75, 3.05) is 24.5 Å². The average Bonchev–Trinajstić information content (AvgIpc) is 2.75. The molecule has 0 amide bonds. The van der Waals surface area contributed by atoms with E-state index in [2.05, 4.69) is 31.8 Å². The lowest BCUT2D eigenvalue weighted by Crippen LogP contribution is -2.48. The Kier molecular flexibility index (Phi) is 6.46. The summed E-state index contributed by atoms with van der Waals surface area (Å²) in [5, 5.41) is 1.78. The number of rotatable bonds is 4. The van der Waals surface area contributed by atoms with Gasteiger partial charge in [0.15, 0.2) is 5.69 Å². The molecule has 0 N–H and O–H groups in total. The first kappa shape index (κ1) is 21.0. The molecule has 30 heavy (non-hydrogen) atoms. The van der Waals surface area contributed by atoms with Gasteiger partial charge in [0.25, 0.3) is 0 Å². The molecule has 1 atom stereocenters. The number of pyridine rings is 1. The second kappa shape index (κ2) is 9.24. The summed E-state index contributed by atoms with van der Waals surface area (Å²) in [6, 6.07) is 17.5. The summed E-state index contributed by atoms with van der Waals surface area (Å²) in [5.74, 6) is 0.738. The van der Waals surface area contributed by atoms with Crippen LogP contribution in [0.2, 0.25) is 15.1 Å². The molecule has 7 heteroatoms. The zero-order valence-electron chi connectivity index (χ0n) is 16.1. The number of halogens is 3. The Morgan fingerprint density at radius 3 is 2.37 bits per heavy atom. The van der Waals surface area contributed by atoms with Crippen molar-refractivity contribution in [3.05, 3.63) is 98.4 Å².